The van der Waals surface area contributed by atoms with E-state index in [4.69, 9.17) is 5.73 Å². The number of aryl methyl sites for hydroxylation is 1. The number of nitrogens with zero attached hydrogens (tertiary/aromatic N) is 3. The minimum absolute atomic E-state index is 0.0911. The van der Waals surface area contributed by atoms with Gasteiger partial charge in [0.1, 0.15) is 13.1 Å². The molecule has 0 aliphatic carbocycles. The molecule has 0 fully saturated rings. The number of nitrogens with one attached hydrogen (secondary N) is 3. The Morgan fingerprint density at radius 3 is 2.45 bits per heavy atom. The van der Waals surface area contributed by atoms with Gasteiger partial charge in [-0.1, -0.05) is 30.3 Å². The molecule has 1 aromatic heterocycles. The van der Waals surface area contributed by atoms with Crippen molar-refractivity contribution in [3.05, 3.63) is 71.0 Å². The number of carbonyl (C=O) groups excluding carboxylic acids is 1. The average Bonchev–Trinajstić information content (AvgIpc) is 2.69. The first-order chi connectivity index (χ1) is 13.9. The summed E-state index contributed by atoms with van der Waals surface area (Å²) in [5, 5.41) is 5.83. The number of benzene rings is 2. The lowest BCUT2D eigenvalue weighted by molar-refractivity contribution is -0.908. The molecule has 0 saturated carbocycles. The molecule has 2 aromatic carbocycles. The number of aromatic nitrogens is 3. The third kappa shape index (κ3) is 5.49. The zero-order valence-electron chi connectivity index (χ0n) is 16.9. The van der Waals surface area contributed by atoms with E-state index in [0.29, 0.717) is 23.9 Å². The summed E-state index contributed by atoms with van der Waals surface area (Å²) >= 11 is 0. The number of anilines is 3. The predicted octanol–water partition coefficient (Wildman–Crippen LogP) is 1.08. The van der Waals surface area contributed by atoms with E-state index in [2.05, 4.69) is 32.6 Å². The van der Waals surface area contributed by atoms with Crippen LogP contribution in [0, 0.1) is 6.92 Å². The summed E-state index contributed by atoms with van der Waals surface area (Å²) < 4.78 is 0. The van der Waals surface area contributed by atoms with Crippen molar-refractivity contribution in [2.75, 3.05) is 25.1 Å². The topological polar surface area (TPSA) is 110 Å². The van der Waals surface area contributed by atoms with Crippen molar-refractivity contribution in [1.29, 1.82) is 0 Å². The Balaban J connectivity index is 1.67. The maximum absolute atomic E-state index is 11.6. The zero-order chi connectivity index (χ0) is 20.8. The molecule has 1 atom stereocenters. The summed E-state index contributed by atoms with van der Waals surface area (Å²) in [5.41, 5.74) is 9.68. The van der Waals surface area contributed by atoms with Gasteiger partial charge < -0.3 is 21.3 Å². The van der Waals surface area contributed by atoms with Crippen molar-refractivity contribution in [2.24, 2.45) is 0 Å². The van der Waals surface area contributed by atoms with Gasteiger partial charge in [-0.15, -0.1) is 0 Å². The van der Waals surface area contributed by atoms with Gasteiger partial charge in [-0.25, -0.2) is 0 Å². The van der Waals surface area contributed by atoms with Crippen LogP contribution in [0.1, 0.15) is 27.3 Å². The maximum Gasteiger partial charge on any atom is 0.251 e. The summed E-state index contributed by atoms with van der Waals surface area (Å²) in [6.45, 7) is 3.37. The fraction of sp³-hybridized carbons (Fsp3) is 0.238. The Bertz CT molecular complexity index is 989. The summed E-state index contributed by atoms with van der Waals surface area (Å²) in [6.07, 6.45) is 0. The fourth-order valence-electron chi connectivity index (χ4n) is 3.01. The molecule has 150 valence electrons. The Kier molecular flexibility index (Phi) is 6.36. The highest BCUT2D eigenvalue weighted by molar-refractivity contribution is 5.93. The molecule has 0 aliphatic heterocycles. The molecule has 29 heavy (non-hydrogen) atoms. The highest BCUT2D eigenvalue weighted by Crippen LogP contribution is 2.17. The standard InChI is InChI=1S/C21H25N7O/c1-14-6-4-5-7-17(14)24-21-26-18(25-20(22)27-21)13-28(3)12-15-8-10-16(11-9-15)19(29)23-2/h4-11H,12-13H2,1-3H3,(H,23,29)(H3,22,24,25,26,27)/p+1. The van der Waals surface area contributed by atoms with E-state index in [1.165, 1.54) is 4.90 Å². The first kappa shape index (κ1) is 20.2. The van der Waals surface area contributed by atoms with E-state index in [9.17, 15) is 4.79 Å². The minimum Gasteiger partial charge on any atom is -0.368 e. The lowest BCUT2D eigenvalue weighted by atomic mass is 10.1. The van der Waals surface area contributed by atoms with Crippen LogP contribution in [-0.4, -0.2) is 35.0 Å². The molecular weight excluding hydrogens is 366 g/mol. The fourth-order valence-corrected chi connectivity index (χ4v) is 3.01. The van der Waals surface area contributed by atoms with E-state index in [1.807, 2.05) is 55.5 Å². The van der Waals surface area contributed by atoms with Crippen LogP contribution in [-0.2, 0) is 13.1 Å². The van der Waals surface area contributed by atoms with Gasteiger partial charge in [0.25, 0.3) is 5.91 Å². The molecule has 8 nitrogen and oxygen atoms in total. The molecule has 0 radical (unpaired) electrons. The van der Waals surface area contributed by atoms with Crippen LogP contribution < -0.4 is 21.3 Å². The van der Waals surface area contributed by atoms with Gasteiger partial charge in [0.2, 0.25) is 11.9 Å². The first-order valence-electron chi connectivity index (χ1n) is 9.40. The monoisotopic (exact) mass is 392 g/mol. The Labute approximate surface area is 170 Å². The molecule has 0 saturated heterocycles. The Morgan fingerprint density at radius 2 is 1.76 bits per heavy atom. The second-order valence-corrected chi connectivity index (χ2v) is 6.96. The second-order valence-electron chi connectivity index (χ2n) is 6.96. The van der Waals surface area contributed by atoms with Gasteiger partial charge in [-0.3, -0.25) is 4.79 Å². The van der Waals surface area contributed by atoms with Crippen LogP contribution in [0.25, 0.3) is 0 Å². The quantitative estimate of drug-likeness (QED) is 0.479. The average molecular weight is 392 g/mol. The molecule has 3 aromatic rings. The number of quaternary nitrogens is 1. The SMILES string of the molecule is CNC(=O)c1ccc(C[NH+](C)Cc2nc(N)nc(Nc3ccccc3C)n2)cc1. The maximum atomic E-state index is 11.6. The van der Waals surface area contributed by atoms with Crippen LogP contribution >= 0.6 is 0 Å². The van der Waals surface area contributed by atoms with Crippen molar-refractivity contribution in [2.45, 2.75) is 20.0 Å². The molecule has 5 N–H and O–H groups in total. The number of rotatable bonds is 7. The molecule has 8 heteroatoms. The van der Waals surface area contributed by atoms with Crippen LogP contribution in [0.2, 0.25) is 0 Å². The number of nitrogens with two attached hydrogens (primary N) is 1. The Hall–Kier alpha value is -3.52. The van der Waals surface area contributed by atoms with Crippen LogP contribution in [0.3, 0.4) is 0 Å². The Morgan fingerprint density at radius 1 is 1.03 bits per heavy atom. The van der Waals surface area contributed by atoms with E-state index < -0.39 is 0 Å². The van der Waals surface area contributed by atoms with Crippen LogP contribution in [0.15, 0.2) is 48.5 Å². The molecule has 1 unspecified atom stereocenters. The number of amides is 1. The number of nitrogen functional groups attached to an aromatic ring is 1. The van der Waals surface area contributed by atoms with Crippen molar-refractivity contribution in [3.8, 4) is 0 Å². The molecule has 3 rings (SSSR count). The number of hydrogen-bond acceptors (Lipinski definition) is 6. The first-order valence-corrected chi connectivity index (χ1v) is 9.40. The summed E-state index contributed by atoms with van der Waals surface area (Å²) in [4.78, 5) is 25.8. The molecule has 1 amide bonds. The lowest BCUT2D eigenvalue weighted by Gasteiger charge is -2.14. The zero-order valence-corrected chi connectivity index (χ0v) is 16.9. The third-order valence-electron chi connectivity index (χ3n) is 4.50. The smallest absolute Gasteiger partial charge is 0.251 e. The lowest BCUT2D eigenvalue weighted by Crippen LogP contribution is -3.06. The van der Waals surface area contributed by atoms with Gasteiger partial charge >= 0.3 is 0 Å². The van der Waals surface area contributed by atoms with Gasteiger partial charge in [0.05, 0.1) is 7.05 Å². The van der Waals surface area contributed by atoms with Gasteiger partial charge in [-0.2, -0.15) is 15.0 Å². The highest BCUT2D eigenvalue weighted by atomic mass is 16.1. The van der Waals surface area contributed by atoms with E-state index in [0.717, 1.165) is 23.4 Å². The van der Waals surface area contributed by atoms with Crippen molar-refractivity contribution >= 4 is 23.5 Å². The number of para-hydroxylation sites is 1. The van der Waals surface area contributed by atoms with E-state index in [-0.39, 0.29) is 11.9 Å². The molecular formula is C21H26N7O+. The molecule has 0 aliphatic rings. The van der Waals surface area contributed by atoms with Gasteiger partial charge in [0.15, 0.2) is 5.82 Å². The summed E-state index contributed by atoms with van der Waals surface area (Å²) in [6, 6.07) is 15.5. The van der Waals surface area contributed by atoms with Crippen molar-refractivity contribution in [1.82, 2.24) is 20.3 Å². The van der Waals surface area contributed by atoms with E-state index >= 15 is 0 Å². The summed E-state index contributed by atoms with van der Waals surface area (Å²) in [5.74, 6) is 1.15. The normalized spacial score (nSPS) is 11.7. The predicted molar refractivity (Wildman–Crippen MR) is 113 cm³/mol. The largest absolute Gasteiger partial charge is 0.368 e. The second kappa shape index (κ2) is 9.11. The number of carbonyl (C=O) groups is 1. The number of hydrogen-bond donors (Lipinski definition) is 4. The van der Waals surface area contributed by atoms with Crippen molar-refractivity contribution < 1.29 is 9.69 Å². The van der Waals surface area contributed by atoms with Gasteiger partial charge in [-0.05, 0) is 30.7 Å². The van der Waals surface area contributed by atoms with Crippen LogP contribution in [0.5, 0.6) is 0 Å². The summed E-state index contributed by atoms with van der Waals surface area (Å²) in [7, 11) is 3.68. The van der Waals surface area contributed by atoms with Crippen molar-refractivity contribution in [3.63, 3.8) is 0 Å². The third-order valence-corrected chi connectivity index (χ3v) is 4.50. The molecule has 0 spiro atoms. The van der Waals surface area contributed by atoms with E-state index in [1.54, 1.807) is 7.05 Å². The highest BCUT2D eigenvalue weighted by Gasteiger charge is 2.12. The minimum atomic E-state index is -0.0911. The molecule has 1 heterocycles. The van der Waals surface area contributed by atoms with Gasteiger partial charge in [0, 0.05) is 23.9 Å². The van der Waals surface area contributed by atoms with Crippen LogP contribution in [0.4, 0.5) is 17.6 Å². The molecule has 0 bridgehead atoms.